The molecule has 2 N–H and O–H groups in total. The van der Waals surface area contributed by atoms with Crippen molar-refractivity contribution >= 4 is 17.7 Å². The Kier molecular flexibility index (Phi) is 9.09. The lowest BCUT2D eigenvalue weighted by Gasteiger charge is -2.12. The van der Waals surface area contributed by atoms with Crippen LogP contribution in [0, 0.1) is 13.8 Å². The van der Waals surface area contributed by atoms with Gasteiger partial charge in [0.2, 0.25) is 0 Å². The number of aryl methyl sites for hydroxylation is 2. The van der Waals surface area contributed by atoms with Gasteiger partial charge >= 0.3 is 0 Å². The maximum absolute atomic E-state index is 5.42. The van der Waals surface area contributed by atoms with Gasteiger partial charge in [0.05, 0.1) is 12.0 Å². The van der Waals surface area contributed by atoms with E-state index in [0.717, 1.165) is 62.1 Å². The van der Waals surface area contributed by atoms with Crippen molar-refractivity contribution in [1.29, 1.82) is 0 Å². The highest BCUT2D eigenvalue weighted by molar-refractivity contribution is 7.99. The number of nitrogens with one attached hydrogen (secondary N) is 2. The summed E-state index contributed by atoms with van der Waals surface area (Å²) >= 11 is 1.85. The van der Waals surface area contributed by atoms with E-state index >= 15 is 0 Å². The van der Waals surface area contributed by atoms with Gasteiger partial charge in [0.1, 0.15) is 5.76 Å². The van der Waals surface area contributed by atoms with Crippen molar-refractivity contribution in [1.82, 2.24) is 20.4 Å². The molecule has 0 saturated carbocycles. The highest BCUT2D eigenvalue weighted by atomic mass is 32.2. The molecular formula is C24H33N5OS. The molecule has 0 radical (unpaired) electrons. The first-order valence-electron chi connectivity index (χ1n) is 10.8. The molecule has 0 saturated heterocycles. The lowest BCUT2D eigenvalue weighted by Crippen LogP contribution is -2.39. The third-order valence-corrected chi connectivity index (χ3v) is 6.18. The van der Waals surface area contributed by atoms with Crippen molar-refractivity contribution in [3.8, 4) is 0 Å². The van der Waals surface area contributed by atoms with Gasteiger partial charge in [0.15, 0.2) is 5.96 Å². The van der Waals surface area contributed by atoms with Gasteiger partial charge in [-0.25, -0.2) is 0 Å². The van der Waals surface area contributed by atoms with Crippen molar-refractivity contribution in [2.45, 2.75) is 38.0 Å². The van der Waals surface area contributed by atoms with Gasteiger partial charge in [-0.05, 0) is 56.5 Å². The summed E-state index contributed by atoms with van der Waals surface area (Å²) in [5.41, 5.74) is 3.71. The molecular weight excluding hydrogens is 406 g/mol. The van der Waals surface area contributed by atoms with Crippen LogP contribution in [-0.2, 0) is 19.9 Å². The number of aliphatic imine (C=N–C) groups is 1. The zero-order valence-corrected chi connectivity index (χ0v) is 19.5. The van der Waals surface area contributed by atoms with E-state index in [1.54, 1.807) is 6.26 Å². The molecule has 0 atom stereocenters. The van der Waals surface area contributed by atoms with Crippen LogP contribution < -0.4 is 10.6 Å². The molecule has 0 aliphatic rings. The van der Waals surface area contributed by atoms with Crippen LogP contribution in [0.2, 0.25) is 0 Å². The first-order chi connectivity index (χ1) is 15.1. The van der Waals surface area contributed by atoms with Crippen molar-refractivity contribution in [3.05, 3.63) is 71.4 Å². The Morgan fingerprint density at radius 3 is 2.58 bits per heavy atom. The fourth-order valence-electron chi connectivity index (χ4n) is 3.41. The van der Waals surface area contributed by atoms with Crippen LogP contribution in [0.1, 0.15) is 29.1 Å². The molecule has 0 aliphatic carbocycles. The Morgan fingerprint density at radius 1 is 1.06 bits per heavy atom. The molecule has 2 heterocycles. The number of rotatable bonds is 11. The van der Waals surface area contributed by atoms with Gasteiger partial charge < -0.3 is 15.1 Å². The first-order valence-corrected chi connectivity index (χ1v) is 11.8. The molecule has 6 nitrogen and oxygen atoms in total. The van der Waals surface area contributed by atoms with E-state index in [9.17, 15) is 0 Å². The number of furan rings is 1. The van der Waals surface area contributed by atoms with Crippen LogP contribution in [0.5, 0.6) is 0 Å². The Bertz CT molecular complexity index is 935. The summed E-state index contributed by atoms with van der Waals surface area (Å²) in [5, 5.41) is 11.4. The van der Waals surface area contributed by atoms with Crippen molar-refractivity contribution in [2.24, 2.45) is 12.0 Å². The van der Waals surface area contributed by atoms with E-state index in [0.29, 0.717) is 0 Å². The predicted molar refractivity (Wildman–Crippen MR) is 129 cm³/mol. The van der Waals surface area contributed by atoms with Gasteiger partial charge in [-0.15, -0.1) is 11.8 Å². The quantitative estimate of drug-likeness (QED) is 0.203. The molecule has 7 heteroatoms. The van der Waals surface area contributed by atoms with Crippen LogP contribution in [0.15, 0.2) is 63.0 Å². The number of aromatic nitrogens is 2. The van der Waals surface area contributed by atoms with E-state index in [1.165, 1.54) is 16.2 Å². The fraction of sp³-hybridized carbons (Fsp3) is 0.417. The Balaban J connectivity index is 1.47. The summed E-state index contributed by atoms with van der Waals surface area (Å²) in [6, 6.07) is 14.4. The molecule has 0 fully saturated rings. The molecule has 0 amide bonds. The topological polar surface area (TPSA) is 67.4 Å². The highest BCUT2D eigenvalue weighted by Gasteiger charge is 2.08. The van der Waals surface area contributed by atoms with Crippen LogP contribution in [0.4, 0.5) is 0 Å². The monoisotopic (exact) mass is 439 g/mol. The molecule has 0 unspecified atom stereocenters. The van der Waals surface area contributed by atoms with Crippen LogP contribution in [0.25, 0.3) is 0 Å². The van der Waals surface area contributed by atoms with Crippen molar-refractivity contribution in [2.75, 3.05) is 25.4 Å². The molecule has 166 valence electrons. The lowest BCUT2D eigenvalue weighted by atomic mass is 10.1. The van der Waals surface area contributed by atoms with Gasteiger partial charge in [-0.3, -0.25) is 9.67 Å². The van der Waals surface area contributed by atoms with Crippen molar-refractivity contribution < 1.29 is 4.42 Å². The van der Waals surface area contributed by atoms with Gasteiger partial charge in [0.25, 0.3) is 0 Å². The molecule has 0 spiro atoms. The lowest BCUT2D eigenvalue weighted by molar-refractivity contribution is 0.507. The summed E-state index contributed by atoms with van der Waals surface area (Å²) in [5.74, 6) is 2.82. The van der Waals surface area contributed by atoms with E-state index < -0.39 is 0 Å². The molecule has 1 aromatic carbocycles. The Labute approximate surface area is 189 Å². The van der Waals surface area contributed by atoms with Crippen LogP contribution in [0.3, 0.4) is 0 Å². The summed E-state index contributed by atoms with van der Waals surface area (Å²) in [7, 11) is 2.00. The third-order valence-electron chi connectivity index (χ3n) is 5.16. The maximum atomic E-state index is 5.42. The van der Waals surface area contributed by atoms with Gasteiger partial charge in [0, 0.05) is 49.4 Å². The largest absolute Gasteiger partial charge is 0.469 e. The van der Waals surface area contributed by atoms with E-state index in [-0.39, 0.29) is 0 Å². The first kappa shape index (κ1) is 23.0. The fourth-order valence-corrected chi connectivity index (χ4v) is 4.20. The summed E-state index contributed by atoms with van der Waals surface area (Å²) in [4.78, 5) is 6.08. The minimum atomic E-state index is 0.773. The number of thioether (sulfide) groups is 1. The molecule has 0 aliphatic heterocycles. The predicted octanol–water partition coefficient (Wildman–Crippen LogP) is 4.13. The van der Waals surface area contributed by atoms with E-state index in [2.05, 4.69) is 53.8 Å². The number of guanidine groups is 1. The second kappa shape index (κ2) is 12.2. The maximum Gasteiger partial charge on any atom is 0.191 e. The standard InChI is InChI=1S/C24H33N5OS/c1-19-23(20(2)29(3)28-19)12-7-14-25-24(26-15-13-21-9-8-17-30-21)27-16-18-31-22-10-5-4-6-11-22/h4-6,8-11,17H,7,12-16,18H2,1-3H3,(H2,25,26,27). The van der Waals surface area contributed by atoms with Gasteiger partial charge in [-0.2, -0.15) is 5.10 Å². The minimum Gasteiger partial charge on any atom is -0.469 e. The summed E-state index contributed by atoms with van der Waals surface area (Å²) in [6.45, 7) is 6.63. The van der Waals surface area contributed by atoms with Crippen LogP contribution in [-0.4, -0.2) is 41.1 Å². The van der Waals surface area contributed by atoms with Gasteiger partial charge in [-0.1, -0.05) is 18.2 Å². The number of nitrogens with zero attached hydrogens (tertiary/aromatic N) is 3. The Morgan fingerprint density at radius 2 is 1.87 bits per heavy atom. The van der Waals surface area contributed by atoms with Crippen molar-refractivity contribution in [3.63, 3.8) is 0 Å². The SMILES string of the molecule is Cc1nn(C)c(C)c1CCCN=C(NCCSc1ccccc1)NCCc1ccco1. The van der Waals surface area contributed by atoms with E-state index in [1.807, 2.05) is 41.7 Å². The number of hydrogen-bond acceptors (Lipinski definition) is 4. The Hall–Kier alpha value is -2.67. The second-order valence-corrected chi connectivity index (χ2v) is 8.62. The normalized spacial score (nSPS) is 11.6. The highest BCUT2D eigenvalue weighted by Crippen LogP contribution is 2.16. The minimum absolute atomic E-state index is 0.773. The van der Waals surface area contributed by atoms with Crippen LogP contribution >= 0.6 is 11.8 Å². The molecule has 3 rings (SSSR count). The zero-order valence-electron chi connectivity index (χ0n) is 18.7. The molecule has 0 bridgehead atoms. The second-order valence-electron chi connectivity index (χ2n) is 7.45. The number of hydrogen-bond donors (Lipinski definition) is 2. The van der Waals surface area contributed by atoms with E-state index in [4.69, 9.17) is 9.41 Å². The summed E-state index contributed by atoms with van der Waals surface area (Å²) in [6.07, 6.45) is 4.54. The average Bonchev–Trinajstić information content (AvgIpc) is 3.37. The molecule has 3 aromatic rings. The number of benzene rings is 1. The molecule has 2 aromatic heterocycles. The smallest absolute Gasteiger partial charge is 0.191 e. The third kappa shape index (κ3) is 7.51. The summed E-state index contributed by atoms with van der Waals surface area (Å²) < 4.78 is 7.38. The average molecular weight is 440 g/mol. The zero-order chi connectivity index (χ0) is 21.9. The molecule has 31 heavy (non-hydrogen) atoms.